The van der Waals surface area contributed by atoms with Crippen LogP contribution >= 0.6 is 0 Å². The molecule has 1 aromatic carbocycles. The second-order valence-electron chi connectivity index (χ2n) is 4.51. The van der Waals surface area contributed by atoms with Gasteiger partial charge in [0.2, 0.25) is 5.91 Å². The molecule has 0 saturated carbocycles. The molecule has 0 aromatic heterocycles. The molecule has 0 radical (unpaired) electrons. The molecule has 1 atom stereocenters. The Morgan fingerprint density at radius 3 is 3.17 bits per heavy atom. The maximum absolute atomic E-state index is 11.9. The highest BCUT2D eigenvalue weighted by Crippen LogP contribution is 2.18. The highest BCUT2D eigenvalue weighted by Gasteiger charge is 2.21. The fourth-order valence-electron chi connectivity index (χ4n) is 2.02. The minimum Gasteiger partial charge on any atom is -0.494 e. The quantitative estimate of drug-likeness (QED) is 0.839. The summed E-state index contributed by atoms with van der Waals surface area (Å²) in [6.45, 7) is 3.69. The fraction of sp³-hybridized carbons (Fsp3) is 0.500. The Morgan fingerprint density at radius 1 is 1.56 bits per heavy atom. The Hall–Kier alpha value is -1.55. The van der Waals surface area contributed by atoms with Crippen molar-refractivity contribution in [3.8, 4) is 5.75 Å². The van der Waals surface area contributed by atoms with Crippen molar-refractivity contribution in [1.29, 1.82) is 0 Å². The van der Waals surface area contributed by atoms with Gasteiger partial charge in [-0.3, -0.25) is 4.79 Å². The highest BCUT2D eigenvalue weighted by molar-refractivity contribution is 5.95. The van der Waals surface area contributed by atoms with Crippen LogP contribution < -0.4 is 15.4 Å². The van der Waals surface area contributed by atoms with E-state index in [-0.39, 0.29) is 11.9 Å². The first-order valence-corrected chi connectivity index (χ1v) is 6.56. The molecule has 2 rings (SSSR count). The van der Waals surface area contributed by atoms with E-state index in [9.17, 15) is 4.79 Å². The molecule has 1 aliphatic rings. The van der Waals surface area contributed by atoms with Crippen molar-refractivity contribution < 1.29 is 9.53 Å². The van der Waals surface area contributed by atoms with Gasteiger partial charge in [-0.05, 0) is 37.9 Å². The summed E-state index contributed by atoms with van der Waals surface area (Å²) in [4.78, 5) is 11.9. The van der Waals surface area contributed by atoms with Gasteiger partial charge in [0.25, 0.3) is 0 Å². The molecular formula is C14H20N2O2. The highest BCUT2D eigenvalue weighted by atomic mass is 16.5. The van der Waals surface area contributed by atoms with Gasteiger partial charge in [0.1, 0.15) is 5.75 Å². The van der Waals surface area contributed by atoms with Crippen molar-refractivity contribution in [2.45, 2.75) is 32.2 Å². The number of nitrogens with one attached hydrogen (secondary N) is 2. The summed E-state index contributed by atoms with van der Waals surface area (Å²) < 4.78 is 5.54. The number of benzene rings is 1. The number of rotatable bonds is 5. The number of carbonyl (C=O) groups excluding carboxylic acids is 1. The first-order chi connectivity index (χ1) is 8.79. The molecular weight excluding hydrogens is 228 g/mol. The van der Waals surface area contributed by atoms with Crippen LogP contribution in [0, 0.1) is 0 Å². The van der Waals surface area contributed by atoms with Crippen LogP contribution in [0.4, 0.5) is 5.69 Å². The van der Waals surface area contributed by atoms with Gasteiger partial charge in [-0.15, -0.1) is 0 Å². The maximum Gasteiger partial charge on any atom is 0.241 e. The number of amides is 1. The molecule has 0 spiro atoms. The zero-order chi connectivity index (χ0) is 12.8. The van der Waals surface area contributed by atoms with E-state index >= 15 is 0 Å². The van der Waals surface area contributed by atoms with Crippen LogP contribution in [0.3, 0.4) is 0 Å². The van der Waals surface area contributed by atoms with E-state index in [4.69, 9.17) is 4.74 Å². The average Bonchev–Trinajstić information content (AvgIpc) is 2.91. The Balaban J connectivity index is 1.93. The van der Waals surface area contributed by atoms with Gasteiger partial charge in [0.15, 0.2) is 0 Å². The lowest BCUT2D eigenvalue weighted by Crippen LogP contribution is -2.35. The first kappa shape index (κ1) is 12.9. The van der Waals surface area contributed by atoms with Gasteiger partial charge in [0.05, 0.1) is 12.6 Å². The molecule has 0 bridgehead atoms. The summed E-state index contributed by atoms with van der Waals surface area (Å²) in [6, 6.07) is 7.49. The van der Waals surface area contributed by atoms with Gasteiger partial charge < -0.3 is 15.4 Å². The van der Waals surface area contributed by atoms with E-state index in [0.29, 0.717) is 6.61 Å². The van der Waals surface area contributed by atoms with Gasteiger partial charge in [-0.2, -0.15) is 0 Å². The van der Waals surface area contributed by atoms with Gasteiger partial charge >= 0.3 is 0 Å². The molecule has 1 aliphatic heterocycles. The van der Waals surface area contributed by atoms with Gasteiger partial charge in [-0.25, -0.2) is 0 Å². The lowest BCUT2D eigenvalue weighted by atomic mass is 10.2. The van der Waals surface area contributed by atoms with Crippen LogP contribution in [-0.2, 0) is 4.79 Å². The normalized spacial score (nSPS) is 18.6. The number of anilines is 1. The molecule has 18 heavy (non-hydrogen) atoms. The van der Waals surface area contributed by atoms with Crippen molar-refractivity contribution in [3.05, 3.63) is 24.3 Å². The molecule has 1 amide bonds. The molecule has 1 saturated heterocycles. The third-order valence-corrected chi connectivity index (χ3v) is 2.95. The van der Waals surface area contributed by atoms with E-state index < -0.39 is 0 Å². The van der Waals surface area contributed by atoms with E-state index in [0.717, 1.165) is 37.2 Å². The van der Waals surface area contributed by atoms with Crippen molar-refractivity contribution in [1.82, 2.24) is 5.32 Å². The topological polar surface area (TPSA) is 50.4 Å². The molecule has 1 unspecified atom stereocenters. The summed E-state index contributed by atoms with van der Waals surface area (Å²) in [7, 11) is 0. The third kappa shape index (κ3) is 3.47. The number of ether oxygens (including phenoxy) is 1. The largest absolute Gasteiger partial charge is 0.494 e. The summed E-state index contributed by atoms with van der Waals surface area (Å²) in [5.41, 5.74) is 0.794. The SMILES string of the molecule is CCCOc1cccc(NC(=O)C2CCCN2)c1. The fourth-order valence-corrected chi connectivity index (χ4v) is 2.02. The average molecular weight is 248 g/mol. The van der Waals surface area contributed by atoms with Gasteiger partial charge in [0, 0.05) is 11.8 Å². The summed E-state index contributed by atoms with van der Waals surface area (Å²) in [5, 5.41) is 6.10. The number of carbonyl (C=O) groups is 1. The van der Waals surface area contributed by atoms with E-state index in [1.54, 1.807) is 0 Å². The van der Waals surface area contributed by atoms with E-state index in [1.807, 2.05) is 24.3 Å². The Labute approximate surface area is 108 Å². The molecule has 2 N–H and O–H groups in total. The molecule has 0 aliphatic carbocycles. The third-order valence-electron chi connectivity index (χ3n) is 2.95. The minimum atomic E-state index is -0.0507. The second kappa shape index (κ2) is 6.40. The molecule has 98 valence electrons. The predicted molar refractivity (Wildman–Crippen MR) is 71.9 cm³/mol. The Kier molecular flexibility index (Phi) is 4.59. The van der Waals surface area contributed by atoms with Crippen LogP contribution in [0.1, 0.15) is 26.2 Å². The summed E-state index contributed by atoms with van der Waals surface area (Å²) in [5.74, 6) is 0.842. The second-order valence-corrected chi connectivity index (χ2v) is 4.51. The lowest BCUT2D eigenvalue weighted by molar-refractivity contribution is -0.117. The Morgan fingerprint density at radius 2 is 2.44 bits per heavy atom. The zero-order valence-electron chi connectivity index (χ0n) is 10.7. The smallest absolute Gasteiger partial charge is 0.241 e. The monoisotopic (exact) mass is 248 g/mol. The van der Waals surface area contributed by atoms with Crippen LogP contribution in [0.2, 0.25) is 0 Å². The number of hydrogen-bond donors (Lipinski definition) is 2. The Bertz CT molecular complexity index is 401. The first-order valence-electron chi connectivity index (χ1n) is 6.56. The standard InChI is InChI=1S/C14H20N2O2/c1-2-9-18-12-6-3-5-11(10-12)16-14(17)13-7-4-8-15-13/h3,5-6,10,13,15H,2,4,7-9H2,1H3,(H,16,17). The van der Waals surface area contributed by atoms with Crippen LogP contribution in [0.15, 0.2) is 24.3 Å². The zero-order valence-corrected chi connectivity index (χ0v) is 10.7. The van der Waals surface area contributed by atoms with Crippen molar-refractivity contribution in [2.24, 2.45) is 0 Å². The van der Waals surface area contributed by atoms with Crippen LogP contribution in [-0.4, -0.2) is 25.1 Å². The van der Waals surface area contributed by atoms with Crippen molar-refractivity contribution in [2.75, 3.05) is 18.5 Å². The van der Waals surface area contributed by atoms with Crippen LogP contribution in [0.5, 0.6) is 5.75 Å². The summed E-state index contributed by atoms with van der Waals surface area (Å²) in [6.07, 6.45) is 2.96. The maximum atomic E-state index is 11.9. The molecule has 1 heterocycles. The molecule has 4 heteroatoms. The van der Waals surface area contributed by atoms with Crippen molar-refractivity contribution in [3.63, 3.8) is 0 Å². The van der Waals surface area contributed by atoms with Crippen LogP contribution in [0.25, 0.3) is 0 Å². The van der Waals surface area contributed by atoms with E-state index in [2.05, 4.69) is 17.6 Å². The lowest BCUT2D eigenvalue weighted by Gasteiger charge is -2.12. The minimum absolute atomic E-state index is 0.0418. The van der Waals surface area contributed by atoms with E-state index in [1.165, 1.54) is 0 Å². The molecule has 1 aromatic rings. The molecule has 1 fully saturated rings. The summed E-state index contributed by atoms with van der Waals surface area (Å²) >= 11 is 0. The molecule has 4 nitrogen and oxygen atoms in total. The number of hydrogen-bond acceptors (Lipinski definition) is 3. The van der Waals surface area contributed by atoms with Gasteiger partial charge in [-0.1, -0.05) is 13.0 Å². The predicted octanol–water partition coefficient (Wildman–Crippen LogP) is 2.17. The van der Waals surface area contributed by atoms with Crippen molar-refractivity contribution >= 4 is 11.6 Å².